The Hall–Kier alpha value is 0.640. The molecule has 0 saturated carbocycles. The average Bonchev–Trinajstić information content (AvgIpc) is 1.94. The number of rotatable bonds is 1. The van der Waals surface area contributed by atoms with E-state index in [0.717, 1.165) is 6.42 Å². The molecule has 12 heavy (non-hydrogen) atoms. The maximum atomic E-state index is 11.3. The van der Waals surface area contributed by atoms with Crippen molar-refractivity contribution in [2.75, 3.05) is 12.3 Å². The van der Waals surface area contributed by atoms with Crippen molar-refractivity contribution in [3.63, 3.8) is 0 Å². The highest BCUT2D eigenvalue weighted by Crippen LogP contribution is 2.27. The van der Waals surface area contributed by atoms with E-state index in [2.05, 4.69) is 13.8 Å². The molecule has 0 N–H and O–H groups in total. The van der Waals surface area contributed by atoms with Gasteiger partial charge < -0.3 is 0 Å². The summed E-state index contributed by atoms with van der Waals surface area (Å²) >= 11 is 1.89. The summed E-state index contributed by atoms with van der Waals surface area (Å²) in [5.41, 5.74) is 0. The van der Waals surface area contributed by atoms with Crippen LogP contribution in [-0.4, -0.2) is 23.2 Å². The van der Waals surface area contributed by atoms with Crippen LogP contribution in [0.3, 0.4) is 0 Å². The van der Waals surface area contributed by atoms with Gasteiger partial charge in [-0.2, -0.15) is 0 Å². The summed E-state index contributed by atoms with van der Waals surface area (Å²) in [6, 6.07) is 0. The molecule has 0 aromatic heterocycles. The molecule has 1 atom stereocenters. The number of halogens is 1. The minimum Gasteiger partial charge on any atom is -0.211 e. The van der Waals surface area contributed by atoms with Crippen molar-refractivity contribution in [3.05, 3.63) is 0 Å². The van der Waals surface area contributed by atoms with Crippen molar-refractivity contribution < 1.29 is 8.42 Å². The lowest BCUT2D eigenvalue weighted by Crippen LogP contribution is -2.37. The van der Waals surface area contributed by atoms with Gasteiger partial charge in [-0.25, -0.2) is 8.42 Å². The Kier molecular flexibility index (Phi) is 3.39. The largest absolute Gasteiger partial charge is 0.222 e. The van der Waals surface area contributed by atoms with Crippen LogP contribution in [0.25, 0.3) is 0 Å². The molecule has 0 amide bonds. The smallest absolute Gasteiger partial charge is 0.211 e. The molecule has 0 radical (unpaired) electrons. The lowest BCUT2D eigenvalue weighted by Gasteiger charge is -2.30. The van der Waals surface area contributed by atoms with Crippen molar-refractivity contribution in [1.29, 1.82) is 0 Å². The van der Waals surface area contributed by atoms with Crippen molar-refractivity contribution in [2.45, 2.75) is 20.3 Å². The molecule has 1 aliphatic heterocycles. The summed E-state index contributed by atoms with van der Waals surface area (Å²) in [7, 11) is -2.91. The van der Waals surface area contributed by atoms with Crippen LogP contribution >= 0.6 is 22.9 Å². The second-order valence-electron chi connectivity index (χ2n) is 3.58. The van der Waals surface area contributed by atoms with Gasteiger partial charge in [-0.3, -0.25) is 0 Å². The lowest BCUT2D eigenvalue weighted by atomic mass is 9.93. The Morgan fingerprint density at radius 3 is 2.50 bits per heavy atom. The van der Waals surface area contributed by atoms with Gasteiger partial charge in [0.25, 0.3) is 0 Å². The Morgan fingerprint density at radius 2 is 2.08 bits per heavy atom. The third-order valence-corrected chi connectivity index (χ3v) is 6.07. The molecular weight excluding hydrogens is 289 g/mol. The van der Waals surface area contributed by atoms with E-state index < -0.39 is 10.0 Å². The monoisotopic (exact) mass is 303 g/mol. The zero-order chi connectivity index (χ0) is 9.35. The molecular formula is C7H14INO2S. The molecule has 1 heterocycles. The molecule has 3 nitrogen and oxygen atoms in total. The Morgan fingerprint density at radius 1 is 1.50 bits per heavy atom. The predicted octanol–water partition coefficient (Wildman–Crippen LogP) is 1.64. The quantitative estimate of drug-likeness (QED) is 0.545. The van der Waals surface area contributed by atoms with E-state index in [1.165, 1.54) is 2.52 Å². The maximum absolute atomic E-state index is 11.3. The van der Waals surface area contributed by atoms with Crippen LogP contribution in [0.1, 0.15) is 20.3 Å². The summed E-state index contributed by atoms with van der Waals surface area (Å²) in [6.45, 7) is 4.97. The third-order valence-electron chi connectivity index (χ3n) is 2.37. The first-order valence-electron chi connectivity index (χ1n) is 4.09. The zero-order valence-electron chi connectivity index (χ0n) is 7.33. The van der Waals surface area contributed by atoms with E-state index in [9.17, 15) is 8.42 Å². The molecule has 1 aliphatic rings. The highest BCUT2D eigenvalue weighted by Gasteiger charge is 2.31. The SMILES string of the molecule is CC(C)[C@H]1CCS(=O)(=O)N(I)C1. The molecule has 0 aromatic rings. The van der Waals surface area contributed by atoms with E-state index in [1.54, 1.807) is 0 Å². The van der Waals surface area contributed by atoms with Crippen molar-refractivity contribution in [1.82, 2.24) is 2.52 Å². The van der Waals surface area contributed by atoms with Crippen LogP contribution in [0.2, 0.25) is 0 Å². The molecule has 1 saturated heterocycles. The first-order chi connectivity index (χ1) is 5.43. The summed E-state index contributed by atoms with van der Waals surface area (Å²) in [4.78, 5) is 0. The van der Waals surface area contributed by atoms with Gasteiger partial charge in [0, 0.05) is 29.4 Å². The predicted molar refractivity (Wildman–Crippen MR) is 57.5 cm³/mol. The highest BCUT2D eigenvalue weighted by molar-refractivity contribution is 14.1. The zero-order valence-corrected chi connectivity index (χ0v) is 10.3. The lowest BCUT2D eigenvalue weighted by molar-refractivity contribution is 0.328. The summed E-state index contributed by atoms with van der Waals surface area (Å²) < 4.78 is 24.0. The van der Waals surface area contributed by atoms with Gasteiger partial charge in [0.05, 0.1) is 5.75 Å². The standard InChI is InChI=1S/C7H14INO2S/c1-6(2)7-3-4-12(10,11)9(8)5-7/h6-7H,3-5H2,1-2H3/t7-/m0/s1. The average molecular weight is 303 g/mol. The topological polar surface area (TPSA) is 37.4 Å². The van der Waals surface area contributed by atoms with E-state index in [0.29, 0.717) is 24.1 Å². The summed E-state index contributed by atoms with van der Waals surface area (Å²) in [5.74, 6) is 1.43. The molecule has 1 fully saturated rings. The van der Waals surface area contributed by atoms with Crippen molar-refractivity contribution in [3.8, 4) is 0 Å². The fourth-order valence-corrected chi connectivity index (χ4v) is 3.65. The first-order valence-corrected chi connectivity index (χ1v) is 6.67. The molecule has 72 valence electrons. The van der Waals surface area contributed by atoms with Crippen LogP contribution in [0.15, 0.2) is 0 Å². The molecule has 0 bridgehead atoms. The Labute approximate surface area is 88.1 Å². The summed E-state index contributed by atoms with van der Waals surface area (Å²) in [6.07, 6.45) is 0.819. The van der Waals surface area contributed by atoms with Gasteiger partial charge in [-0.15, -0.1) is 2.52 Å². The van der Waals surface area contributed by atoms with Gasteiger partial charge in [0.15, 0.2) is 0 Å². The molecule has 0 spiro atoms. The normalized spacial score (nSPS) is 30.8. The van der Waals surface area contributed by atoms with Crippen LogP contribution in [0, 0.1) is 11.8 Å². The van der Waals surface area contributed by atoms with Gasteiger partial charge in [-0.1, -0.05) is 13.8 Å². The first kappa shape index (κ1) is 10.7. The van der Waals surface area contributed by atoms with Crippen LogP contribution in [0.5, 0.6) is 0 Å². The fourth-order valence-electron chi connectivity index (χ4n) is 1.33. The molecule has 0 aliphatic carbocycles. The van der Waals surface area contributed by atoms with Crippen molar-refractivity contribution >= 4 is 32.9 Å². The number of sulfonamides is 1. The van der Waals surface area contributed by atoms with Gasteiger partial charge in [-0.05, 0) is 18.3 Å². The molecule has 5 heteroatoms. The van der Waals surface area contributed by atoms with E-state index in [1.807, 2.05) is 22.9 Å². The van der Waals surface area contributed by atoms with Gasteiger partial charge >= 0.3 is 0 Å². The molecule has 0 unspecified atom stereocenters. The molecule has 0 aromatic carbocycles. The van der Waals surface area contributed by atoms with Crippen molar-refractivity contribution in [2.24, 2.45) is 11.8 Å². The van der Waals surface area contributed by atoms with Gasteiger partial charge in [0.1, 0.15) is 0 Å². The van der Waals surface area contributed by atoms with E-state index in [4.69, 9.17) is 0 Å². The second-order valence-corrected chi connectivity index (χ2v) is 7.41. The van der Waals surface area contributed by atoms with E-state index in [-0.39, 0.29) is 0 Å². The van der Waals surface area contributed by atoms with E-state index >= 15 is 0 Å². The number of hydrogen-bond acceptors (Lipinski definition) is 2. The fraction of sp³-hybridized carbons (Fsp3) is 1.00. The second kappa shape index (κ2) is 3.79. The highest BCUT2D eigenvalue weighted by atomic mass is 127. The number of hydrogen-bond donors (Lipinski definition) is 0. The molecule has 1 rings (SSSR count). The van der Waals surface area contributed by atoms with Crippen LogP contribution in [0.4, 0.5) is 0 Å². The summed E-state index contributed by atoms with van der Waals surface area (Å²) in [5, 5.41) is 0. The van der Waals surface area contributed by atoms with Crippen LogP contribution in [-0.2, 0) is 10.0 Å². The number of nitrogens with zero attached hydrogens (tertiary/aromatic N) is 1. The Bertz CT molecular complexity index is 250. The maximum Gasteiger partial charge on any atom is 0.222 e. The van der Waals surface area contributed by atoms with Gasteiger partial charge in [0.2, 0.25) is 10.0 Å². The third kappa shape index (κ3) is 2.32. The minimum atomic E-state index is -2.91. The van der Waals surface area contributed by atoms with Crippen LogP contribution < -0.4 is 0 Å². The Balaban J connectivity index is 2.64. The minimum absolute atomic E-state index is 0.318.